The molecule has 0 spiro atoms. The fourth-order valence-corrected chi connectivity index (χ4v) is 1.09. The minimum atomic E-state index is 0.540. The zero-order valence-corrected chi connectivity index (χ0v) is 7.74. The Morgan fingerprint density at radius 2 is 2.33 bits per heavy atom. The van der Waals surface area contributed by atoms with E-state index in [1.54, 1.807) is 18.0 Å². The summed E-state index contributed by atoms with van der Waals surface area (Å²) in [6.07, 6.45) is 1.61. The number of nitrogens with zero attached hydrogens (tertiary/aromatic N) is 2. The van der Waals surface area contributed by atoms with Crippen molar-refractivity contribution in [2.75, 3.05) is 12.8 Å². The normalized spacial score (nSPS) is 10.7. The fourth-order valence-electron chi connectivity index (χ4n) is 1.09. The lowest BCUT2D eigenvalue weighted by Gasteiger charge is -2.08. The van der Waals surface area contributed by atoms with Crippen LogP contribution in [0.25, 0.3) is 0 Å². The Morgan fingerprint density at radius 3 is 2.83 bits per heavy atom. The van der Waals surface area contributed by atoms with Gasteiger partial charge in [-0.1, -0.05) is 13.8 Å². The highest BCUT2D eigenvalue weighted by Crippen LogP contribution is 2.20. The van der Waals surface area contributed by atoms with Crippen molar-refractivity contribution in [3.63, 3.8) is 0 Å². The molecule has 1 heterocycles. The van der Waals surface area contributed by atoms with Crippen LogP contribution >= 0.6 is 0 Å². The molecule has 0 saturated heterocycles. The lowest BCUT2D eigenvalue weighted by molar-refractivity contribution is 0.345. The van der Waals surface area contributed by atoms with Gasteiger partial charge in [0.15, 0.2) is 0 Å². The van der Waals surface area contributed by atoms with Gasteiger partial charge in [0.25, 0.3) is 0 Å². The third-order valence-electron chi connectivity index (χ3n) is 1.55. The molecule has 1 rings (SSSR count). The van der Waals surface area contributed by atoms with Gasteiger partial charge < -0.3 is 10.5 Å². The number of aromatic nitrogens is 2. The zero-order chi connectivity index (χ0) is 9.14. The first-order valence-electron chi connectivity index (χ1n) is 4.00. The molecule has 0 radical (unpaired) electrons. The number of hydrogen-bond acceptors (Lipinski definition) is 3. The molecule has 0 bridgehead atoms. The second-order valence-electron chi connectivity index (χ2n) is 3.19. The van der Waals surface area contributed by atoms with Gasteiger partial charge in [-0.25, -0.2) is 4.68 Å². The Bertz CT molecular complexity index is 255. The van der Waals surface area contributed by atoms with Gasteiger partial charge in [-0.05, 0) is 5.92 Å². The largest absolute Gasteiger partial charge is 0.480 e. The summed E-state index contributed by atoms with van der Waals surface area (Å²) in [7, 11) is 1.60. The maximum atomic E-state index is 5.62. The third-order valence-corrected chi connectivity index (χ3v) is 1.55. The van der Waals surface area contributed by atoms with E-state index in [9.17, 15) is 0 Å². The van der Waals surface area contributed by atoms with Crippen molar-refractivity contribution in [2.24, 2.45) is 5.92 Å². The average Bonchev–Trinajstić information content (AvgIpc) is 2.30. The number of nitrogen functional groups attached to an aromatic ring is 1. The van der Waals surface area contributed by atoms with E-state index in [4.69, 9.17) is 10.5 Å². The van der Waals surface area contributed by atoms with Crippen LogP contribution in [-0.2, 0) is 6.54 Å². The molecule has 4 heteroatoms. The molecule has 0 aliphatic carbocycles. The maximum absolute atomic E-state index is 5.62. The molecule has 68 valence electrons. The second-order valence-corrected chi connectivity index (χ2v) is 3.19. The van der Waals surface area contributed by atoms with Crippen LogP contribution in [0.15, 0.2) is 6.20 Å². The first-order chi connectivity index (χ1) is 5.65. The van der Waals surface area contributed by atoms with E-state index in [1.165, 1.54) is 0 Å². The molecule has 4 nitrogen and oxygen atoms in total. The Kier molecular flexibility index (Phi) is 2.58. The van der Waals surface area contributed by atoms with Crippen LogP contribution < -0.4 is 10.5 Å². The molecule has 12 heavy (non-hydrogen) atoms. The Morgan fingerprint density at radius 1 is 1.67 bits per heavy atom. The minimum absolute atomic E-state index is 0.540. The summed E-state index contributed by atoms with van der Waals surface area (Å²) in [6, 6.07) is 0. The molecule has 0 amide bonds. The molecule has 1 aromatic rings. The number of rotatable bonds is 3. The molecular weight excluding hydrogens is 154 g/mol. The zero-order valence-electron chi connectivity index (χ0n) is 7.74. The molecule has 0 atom stereocenters. The van der Waals surface area contributed by atoms with Crippen LogP contribution in [0.1, 0.15) is 13.8 Å². The van der Waals surface area contributed by atoms with Crippen molar-refractivity contribution in [3.05, 3.63) is 6.20 Å². The van der Waals surface area contributed by atoms with Crippen molar-refractivity contribution in [1.29, 1.82) is 0 Å². The van der Waals surface area contributed by atoms with Crippen LogP contribution in [0.5, 0.6) is 5.88 Å². The van der Waals surface area contributed by atoms with Crippen molar-refractivity contribution >= 4 is 5.69 Å². The summed E-state index contributed by atoms with van der Waals surface area (Å²) in [4.78, 5) is 0. The highest BCUT2D eigenvalue weighted by Gasteiger charge is 2.08. The lowest BCUT2D eigenvalue weighted by atomic mass is 10.2. The number of ether oxygens (including phenoxy) is 1. The lowest BCUT2D eigenvalue weighted by Crippen LogP contribution is -2.08. The van der Waals surface area contributed by atoms with Gasteiger partial charge in [0.2, 0.25) is 5.88 Å². The molecular formula is C8H15N3O. The topological polar surface area (TPSA) is 53.1 Å². The van der Waals surface area contributed by atoms with Gasteiger partial charge in [-0.15, -0.1) is 0 Å². The first kappa shape index (κ1) is 8.90. The molecule has 2 N–H and O–H groups in total. The molecule has 0 aliphatic rings. The van der Waals surface area contributed by atoms with E-state index in [-0.39, 0.29) is 0 Å². The predicted octanol–water partition coefficient (Wildman–Crippen LogP) is 1.13. The standard InChI is InChI=1S/C8H15N3O/c1-6(2)5-11-8(12-3)7(9)4-10-11/h4,6H,5,9H2,1-3H3. The Labute approximate surface area is 72.3 Å². The van der Waals surface area contributed by atoms with Gasteiger partial charge in [-0.2, -0.15) is 5.10 Å². The van der Waals surface area contributed by atoms with Crippen molar-refractivity contribution in [1.82, 2.24) is 9.78 Å². The van der Waals surface area contributed by atoms with Gasteiger partial charge in [0.05, 0.1) is 13.3 Å². The molecule has 0 aromatic carbocycles. The number of nitrogens with two attached hydrogens (primary N) is 1. The summed E-state index contributed by atoms with van der Waals surface area (Å²) in [5.41, 5.74) is 6.21. The second kappa shape index (κ2) is 3.47. The summed E-state index contributed by atoms with van der Waals surface area (Å²) in [6.45, 7) is 5.08. The van der Waals surface area contributed by atoms with Crippen molar-refractivity contribution in [2.45, 2.75) is 20.4 Å². The quantitative estimate of drug-likeness (QED) is 0.738. The van der Waals surface area contributed by atoms with Gasteiger partial charge in [-0.3, -0.25) is 0 Å². The maximum Gasteiger partial charge on any atom is 0.235 e. The van der Waals surface area contributed by atoms with Crippen LogP contribution in [0.4, 0.5) is 5.69 Å². The first-order valence-corrected chi connectivity index (χ1v) is 4.00. The van der Waals surface area contributed by atoms with E-state index in [2.05, 4.69) is 18.9 Å². The van der Waals surface area contributed by atoms with E-state index in [0.717, 1.165) is 6.54 Å². The number of methoxy groups -OCH3 is 1. The SMILES string of the molecule is COc1c(N)cnn1CC(C)C. The van der Waals surface area contributed by atoms with E-state index in [0.29, 0.717) is 17.5 Å². The van der Waals surface area contributed by atoms with E-state index < -0.39 is 0 Å². The third kappa shape index (κ3) is 1.69. The van der Waals surface area contributed by atoms with Crippen LogP contribution in [0, 0.1) is 5.92 Å². The Hall–Kier alpha value is -1.19. The van der Waals surface area contributed by atoms with Crippen molar-refractivity contribution < 1.29 is 4.74 Å². The van der Waals surface area contributed by atoms with Crippen molar-refractivity contribution in [3.8, 4) is 5.88 Å². The molecule has 0 saturated carbocycles. The number of anilines is 1. The van der Waals surface area contributed by atoms with Crippen LogP contribution in [0.3, 0.4) is 0 Å². The highest BCUT2D eigenvalue weighted by molar-refractivity contribution is 5.46. The predicted molar refractivity (Wildman–Crippen MR) is 48.0 cm³/mol. The van der Waals surface area contributed by atoms with Gasteiger partial charge >= 0.3 is 0 Å². The molecule has 0 aliphatic heterocycles. The van der Waals surface area contributed by atoms with Gasteiger partial charge in [0.1, 0.15) is 5.69 Å². The summed E-state index contributed by atoms with van der Waals surface area (Å²) < 4.78 is 6.87. The van der Waals surface area contributed by atoms with Crippen LogP contribution in [-0.4, -0.2) is 16.9 Å². The molecule has 0 fully saturated rings. The van der Waals surface area contributed by atoms with Crippen LogP contribution in [0.2, 0.25) is 0 Å². The van der Waals surface area contributed by atoms with E-state index in [1.807, 2.05) is 0 Å². The summed E-state index contributed by atoms with van der Waals surface area (Å²) in [5.74, 6) is 1.20. The summed E-state index contributed by atoms with van der Waals surface area (Å²) >= 11 is 0. The monoisotopic (exact) mass is 169 g/mol. The summed E-state index contributed by atoms with van der Waals surface area (Å²) in [5, 5.41) is 4.09. The fraction of sp³-hybridized carbons (Fsp3) is 0.625. The minimum Gasteiger partial charge on any atom is -0.480 e. The smallest absolute Gasteiger partial charge is 0.235 e. The molecule has 1 aromatic heterocycles. The highest BCUT2D eigenvalue weighted by atomic mass is 16.5. The van der Waals surface area contributed by atoms with E-state index >= 15 is 0 Å². The van der Waals surface area contributed by atoms with Gasteiger partial charge in [0, 0.05) is 6.54 Å². The average molecular weight is 169 g/mol. The number of hydrogen-bond donors (Lipinski definition) is 1. The Balaban J connectivity index is 2.84. The molecule has 0 unspecified atom stereocenters.